The van der Waals surface area contributed by atoms with Gasteiger partial charge >= 0.3 is 0 Å². The van der Waals surface area contributed by atoms with Gasteiger partial charge in [-0.1, -0.05) is 24.6 Å². The van der Waals surface area contributed by atoms with Crippen molar-refractivity contribution in [2.24, 2.45) is 11.7 Å². The van der Waals surface area contributed by atoms with Crippen molar-refractivity contribution in [1.82, 2.24) is 0 Å². The van der Waals surface area contributed by atoms with E-state index < -0.39 is 0 Å². The molecule has 98 valence electrons. The Morgan fingerprint density at radius 1 is 1.44 bits per heavy atom. The molecule has 0 amide bonds. The van der Waals surface area contributed by atoms with Crippen molar-refractivity contribution >= 4 is 0 Å². The van der Waals surface area contributed by atoms with Crippen molar-refractivity contribution < 1.29 is 4.74 Å². The highest BCUT2D eigenvalue weighted by Gasteiger charge is 2.48. The van der Waals surface area contributed by atoms with Crippen molar-refractivity contribution in [2.45, 2.75) is 57.6 Å². The summed E-state index contributed by atoms with van der Waals surface area (Å²) in [5.74, 6) is 1.71. The fourth-order valence-electron chi connectivity index (χ4n) is 3.89. The molecule has 1 aromatic rings. The third kappa shape index (κ3) is 1.74. The molecule has 1 spiro atoms. The summed E-state index contributed by atoms with van der Waals surface area (Å²) in [6.07, 6.45) is 5.94. The molecule has 0 radical (unpaired) electrons. The zero-order chi connectivity index (χ0) is 12.8. The van der Waals surface area contributed by atoms with Gasteiger partial charge in [0.15, 0.2) is 0 Å². The topological polar surface area (TPSA) is 35.2 Å². The molecule has 3 rings (SSSR count). The second-order valence-electron chi connectivity index (χ2n) is 6.02. The first-order chi connectivity index (χ1) is 8.64. The van der Waals surface area contributed by atoms with Gasteiger partial charge in [0.25, 0.3) is 0 Å². The first-order valence-electron chi connectivity index (χ1n) is 7.20. The molecule has 1 aliphatic carbocycles. The van der Waals surface area contributed by atoms with Gasteiger partial charge in [-0.15, -0.1) is 0 Å². The number of hydrogen-bond donors (Lipinski definition) is 1. The van der Waals surface area contributed by atoms with E-state index in [0.717, 1.165) is 12.2 Å². The van der Waals surface area contributed by atoms with Crippen molar-refractivity contribution in [1.29, 1.82) is 0 Å². The maximum Gasteiger partial charge on any atom is 0.124 e. The van der Waals surface area contributed by atoms with E-state index in [1.807, 2.05) is 0 Å². The van der Waals surface area contributed by atoms with E-state index in [0.29, 0.717) is 5.92 Å². The molecule has 3 atom stereocenters. The summed E-state index contributed by atoms with van der Waals surface area (Å²) in [7, 11) is 0. The number of ether oxygens (including phenoxy) is 1. The zero-order valence-corrected chi connectivity index (χ0v) is 11.4. The lowest BCUT2D eigenvalue weighted by atomic mass is 9.79. The van der Waals surface area contributed by atoms with Gasteiger partial charge in [0, 0.05) is 18.0 Å². The zero-order valence-electron chi connectivity index (χ0n) is 11.4. The van der Waals surface area contributed by atoms with Crippen molar-refractivity contribution in [3.05, 3.63) is 29.3 Å². The third-order valence-corrected chi connectivity index (χ3v) is 4.83. The van der Waals surface area contributed by atoms with Crippen LogP contribution in [0.2, 0.25) is 0 Å². The molecule has 2 heteroatoms. The van der Waals surface area contributed by atoms with E-state index in [9.17, 15) is 0 Å². The summed E-state index contributed by atoms with van der Waals surface area (Å²) in [6.45, 7) is 4.39. The second-order valence-corrected chi connectivity index (χ2v) is 6.02. The number of rotatable bonds is 1. The van der Waals surface area contributed by atoms with Gasteiger partial charge in [0.05, 0.1) is 0 Å². The van der Waals surface area contributed by atoms with Crippen molar-refractivity contribution in [2.75, 3.05) is 0 Å². The summed E-state index contributed by atoms with van der Waals surface area (Å²) >= 11 is 0. The first kappa shape index (κ1) is 12.0. The Hall–Kier alpha value is -1.02. The number of fused-ring (bicyclic) bond motifs is 1. The average molecular weight is 245 g/mol. The quantitative estimate of drug-likeness (QED) is 0.818. The summed E-state index contributed by atoms with van der Waals surface area (Å²) in [4.78, 5) is 0. The van der Waals surface area contributed by atoms with Crippen LogP contribution in [0.25, 0.3) is 0 Å². The monoisotopic (exact) mass is 245 g/mol. The predicted octanol–water partition coefficient (Wildman–Crippen LogP) is 3.73. The lowest BCUT2D eigenvalue weighted by molar-refractivity contribution is -0.000972. The maximum absolute atomic E-state index is 6.43. The van der Waals surface area contributed by atoms with Gasteiger partial charge in [0.1, 0.15) is 11.4 Å². The van der Waals surface area contributed by atoms with Crippen molar-refractivity contribution in [3.63, 3.8) is 0 Å². The molecule has 0 aromatic heterocycles. The summed E-state index contributed by atoms with van der Waals surface area (Å²) in [6, 6.07) is 6.56. The Bertz CT molecular complexity index is 456. The van der Waals surface area contributed by atoms with Crippen molar-refractivity contribution in [3.8, 4) is 5.75 Å². The highest BCUT2D eigenvalue weighted by Crippen LogP contribution is 2.50. The molecule has 1 heterocycles. The van der Waals surface area contributed by atoms with E-state index >= 15 is 0 Å². The number of aryl methyl sites for hydroxylation is 1. The normalized spacial score (nSPS) is 34.4. The van der Waals surface area contributed by atoms with Crippen LogP contribution in [0.1, 0.15) is 56.2 Å². The lowest BCUT2D eigenvalue weighted by Crippen LogP contribution is -2.45. The van der Waals surface area contributed by atoms with Gasteiger partial charge in [-0.25, -0.2) is 0 Å². The molecule has 1 aliphatic heterocycles. The Kier molecular flexibility index (Phi) is 2.86. The number of benzene rings is 1. The Balaban J connectivity index is 1.98. The molecular formula is C16H23NO. The largest absolute Gasteiger partial charge is 0.487 e. The van der Waals surface area contributed by atoms with Gasteiger partial charge in [0.2, 0.25) is 0 Å². The van der Waals surface area contributed by atoms with Crippen LogP contribution >= 0.6 is 0 Å². The average Bonchev–Trinajstić information content (AvgIpc) is 2.72. The van der Waals surface area contributed by atoms with E-state index in [-0.39, 0.29) is 11.6 Å². The van der Waals surface area contributed by atoms with Gasteiger partial charge in [-0.3, -0.25) is 0 Å². The summed E-state index contributed by atoms with van der Waals surface area (Å²) < 4.78 is 6.43. The highest BCUT2D eigenvalue weighted by atomic mass is 16.5. The van der Waals surface area contributed by atoms with Crippen LogP contribution in [0.3, 0.4) is 0 Å². The second kappa shape index (κ2) is 4.27. The van der Waals surface area contributed by atoms with Gasteiger partial charge in [-0.2, -0.15) is 0 Å². The van der Waals surface area contributed by atoms with E-state index in [1.54, 1.807) is 0 Å². The molecule has 0 bridgehead atoms. The molecule has 1 aromatic carbocycles. The number of nitrogens with two attached hydrogens (primary N) is 1. The fourth-order valence-corrected chi connectivity index (χ4v) is 3.89. The minimum atomic E-state index is 0.0242. The molecule has 2 N–H and O–H groups in total. The molecule has 18 heavy (non-hydrogen) atoms. The molecule has 2 unspecified atom stereocenters. The first-order valence-corrected chi connectivity index (χ1v) is 7.20. The molecular weight excluding hydrogens is 222 g/mol. The highest BCUT2D eigenvalue weighted by molar-refractivity contribution is 5.41. The Morgan fingerprint density at radius 3 is 3.06 bits per heavy atom. The molecule has 2 aliphatic rings. The maximum atomic E-state index is 6.43. The van der Waals surface area contributed by atoms with Gasteiger partial charge < -0.3 is 10.5 Å². The molecule has 0 saturated heterocycles. The Morgan fingerprint density at radius 2 is 2.28 bits per heavy atom. The minimum absolute atomic E-state index is 0.0242. The summed E-state index contributed by atoms with van der Waals surface area (Å²) in [5, 5.41) is 0. The Labute approximate surface area is 110 Å². The number of hydrogen-bond acceptors (Lipinski definition) is 2. The smallest absolute Gasteiger partial charge is 0.124 e. The van der Waals surface area contributed by atoms with Crippen LogP contribution in [0.15, 0.2) is 18.2 Å². The van der Waals surface area contributed by atoms with Crippen LogP contribution < -0.4 is 10.5 Å². The fraction of sp³-hybridized carbons (Fsp3) is 0.625. The van der Waals surface area contributed by atoms with E-state index in [2.05, 4.69) is 32.0 Å². The van der Waals surface area contributed by atoms with Gasteiger partial charge in [-0.05, 0) is 44.6 Å². The summed E-state index contributed by atoms with van der Waals surface area (Å²) in [5.41, 5.74) is 8.89. The third-order valence-electron chi connectivity index (χ3n) is 4.83. The standard InChI is InChI=1S/C16H23NO/c1-3-12-5-4-8-16(12)10-14(17)13-9-11(2)6-7-15(13)18-16/h6-7,9,12,14H,3-5,8,10,17H2,1-2H3/t12?,14-,16?/m0/s1. The van der Waals surface area contributed by atoms with Crippen LogP contribution in [0.4, 0.5) is 0 Å². The molecule has 1 saturated carbocycles. The van der Waals surface area contributed by atoms with Crippen LogP contribution in [-0.4, -0.2) is 5.60 Å². The SMILES string of the molecule is CCC1CCCC12C[C@H](N)c1cc(C)ccc1O2. The van der Waals surface area contributed by atoms with Crippen LogP contribution in [0, 0.1) is 12.8 Å². The molecule has 1 fully saturated rings. The van der Waals surface area contributed by atoms with Crippen LogP contribution in [-0.2, 0) is 0 Å². The lowest BCUT2D eigenvalue weighted by Gasteiger charge is -2.42. The molecule has 2 nitrogen and oxygen atoms in total. The van der Waals surface area contributed by atoms with E-state index in [1.165, 1.54) is 36.8 Å². The van der Waals surface area contributed by atoms with Crippen LogP contribution in [0.5, 0.6) is 5.75 Å². The predicted molar refractivity (Wildman–Crippen MR) is 73.7 cm³/mol. The van der Waals surface area contributed by atoms with E-state index in [4.69, 9.17) is 10.5 Å². The minimum Gasteiger partial charge on any atom is -0.487 e.